The number of sulfone groups is 1. The minimum Gasteiger partial charge on any atom is -0.388 e. The van der Waals surface area contributed by atoms with Crippen LogP contribution in [0.4, 0.5) is 14.5 Å². The van der Waals surface area contributed by atoms with Crippen LogP contribution in [0, 0.1) is 17.6 Å². The van der Waals surface area contributed by atoms with Crippen LogP contribution in [-0.4, -0.2) is 25.7 Å². The first-order valence-corrected chi connectivity index (χ1v) is 14.4. The Hall–Kier alpha value is -3.88. The number of β-lactam (4-membered cyclic amide) rings is 1. The zero-order valence-electron chi connectivity index (χ0n) is 21.2. The minimum atomic E-state index is -3.35. The Labute approximate surface area is 226 Å². The average Bonchev–Trinajstić information content (AvgIpc) is 2.93. The Bertz CT molecular complexity index is 1590. The van der Waals surface area contributed by atoms with Gasteiger partial charge < -0.3 is 10.0 Å². The second-order valence-corrected chi connectivity index (χ2v) is 11.8. The van der Waals surface area contributed by atoms with E-state index in [2.05, 4.69) is 0 Å². The van der Waals surface area contributed by atoms with Crippen molar-refractivity contribution in [3.8, 4) is 11.1 Å². The predicted octanol–water partition coefficient (Wildman–Crippen LogP) is 6.25. The van der Waals surface area contributed by atoms with E-state index in [1.807, 2.05) is 30.3 Å². The third kappa shape index (κ3) is 5.62. The number of rotatable bonds is 8. The molecule has 1 saturated heterocycles. The number of anilines is 1. The summed E-state index contributed by atoms with van der Waals surface area (Å²) in [5, 5.41) is 10.6. The van der Waals surface area contributed by atoms with E-state index < -0.39 is 27.7 Å². The van der Waals surface area contributed by atoms with E-state index in [1.165, 1.54) is 42.7 Å². The number of hydrogen-bond acceptors (Lipinski definition) is 4. The zero-order chi connectivity index (χ0) is 27.7. The van der Waals surface area contributed by atoms with E-state index in [-0.39, 0.29) is 22.7 Å². The van der Waals surface area contributed by atoms with Gasteiger partial charge in [0.2, 0.25) is 5.91 Å². The number of amides is 1. The second-order valence-electron chi connectivity index (χ2n) is 9.80. The third-order valence-corrected chi connectivity index (χ3v) is 8.28. The van der Waals surface area contributed by atoms with Gasteiger partial charge >= 0.3 is 0 Å². The maximum absolute atomic E-state index is 13.6. The largest absolute Gasteiger partial charge is 0.388 e. The minimum absolute atomic E-state index is 0.122. The Morgan fingerprint density at radius 3 is 2.08 bits per heavy atom. The first-order valence-electron chi connectivity index (χ1n) is 12.5. The Morgan fingerprint density at radius 1 is 0.846 bits per heavy atom. The van der Waals surface area contributed by atoms with Crippen molar-refractivity contribution in [2.45, 2.75) is 29.9 Å². The van der Waals surface area contributed by atoms with Gasteiger partial charge in [0.25, 0.3) is 0 Å². The van der Waals surface area contributed by atoms with Crippen molar-refractivity contribution in [3.05, 3.63) is 120 Å². The Morgan fingerprint density at radius 2 is 1.46 bits per heavy atom. The number of aliphatic hydroxyl groups excluding tert-OH is 1. The van der Waals surface area contributed by atoms with E-state index in [0.717, 1.165) is 16.7 Å². The van der Waals surface area contributed by atoms with Gasteiger partial charge in [0.1, 0.15) is 11.6 Å². The maximum atomic E-state index is 13.6. The highest BCUT2D eigenvalue weighted by Gasteiger charge is 2.48. The molecule has 1 amide bonds. The van der Waals surface area contributed by atoms with Crippen molar-refractivity contribution in [2.75, 3.05) is 11.2 Å². The Kier molecular flexibility index (Phi) is 7.34. The van der Waals surface area contributed by atoms with Gasteiger partial charge in [-0.2, -0.15) is 0 Å². The maximum Gasteiger partial charge on any atom is 0.233 e. The molecule has 4 aromatic rings. The molecule has 1 N–H and O–H groups in total. The quantitative estimate of drug-likeness (QED) is 0.265. The zero-order valence-corrected chi connectivity index (χ0v) is 22.0. The molecular weight excluding hydrogens is 520 g/mol. The monoisotopic (exact) mass is 547 g/mol. The molecule has 5 nitrogen and oxygen atoms in total. The fourth-order valence-corrected chi connectivity index (χ4v) is 5.74. The summed E-state index contributed by atoms with van der Waals surface area (Å²) in [6.07, 6.45) is 1.03. The van der Waals surface area contributed by atoms with Crippen LogP contribution in [0.15, 0.2) is 102 Å². The molecular formula is C31H27F2NO4S. The van der Waals surface area contributed by atoms with Crippen molar-refractivity contribution in [2.24, 2.45) is 5.92 Å². The normalized spacial score (nSPS) is 18.1. The molecule has 0 aliphatic carbocycles. The number of halogens is 2. The lowest BCUT2D eigenvalue weighted by Crippen LogP contribution is -2.55. The average molecular weight is 548 g/mol. The number of carbonyl (C=O) groups excluding carboxylic acids is 1. The molecule has 1 heterocycles. The van der Waals surface area contributed by atoms with Gasteiger partial charge in [0.15, 0.2) is 9.84 Å². The lowest BCUT2D eigenvalue weighted by molar-refractivity contribution is -0.131. The first kappa shape index (κ1) is 26.7. The van der Waals surface area contributed by atoms with Crippen molar-refractivity contribution < 1.29 is 27.1 Å². The van der Waals surface area contributed by atoms with Gasteiger partial charge in [-0.3, -0.25) is 4.79 Å². The van der Waals surface area contributed by atoms with Gasteiger partial charge in [-0.15, -0.1) is 0 Å². The molecule has 1 aliphatic rings. The molecule has 0 radical (unpaired) electrons. The SMILES string of the molecule is CS(=O)(=O)c1cccc(-c2ccc([C@@H]3[C@@H](CC[C@H](O)c4ccc(F)cc4)C(=O)N3c3ccc(F)cc3)cc2)c1. The summed E-state index contributed by atoms with van der Waals surface area (Å²) in [5.41, 5.74) is 3.60. The molecule has 0 bridgehead atoms. The molecule has 0 aromatic heterocycles. The smallest absolute Gasteiger partial charge is 0.233 e. The van der Waals surface area contributed by atoms with Crippen molar-refractivity contribution in [3.63, 3.8) is 0 Å². The Balaban J connectivity index is 1.41. The van der Waals surface area contributed by atoms with Crippen LogP contribution in [-0.2, 0) is 14.6 Å². The molecule has 39 heavy (non-hydrogen) atoms. The second kappa shape index (κ2) is 10.7. The van der Waals surface area contributed by atoms with Crippen LogP contribution < -0.4 is 4.90 Å². The van der Waals surface area contributed by atoms with Gasteiger partial charge in [-0.1, -0.05) is 48.5 Å². The summed E-state index contributed by atoms with van der Waals surface area (Å²) < 4.78 is 50.8. The predicted molar refractivity (Wildman–Crippen MR) is 146 cm³/mol. The van der Waals surface area contributed by atoms with Crippen molar-refractivity contribution in [1.29, 1.82) is 0 Å². The van der Waals surface area contributed by atoms with Gasteiger partial charge in [0.05, 0.1) is 23.0 Å². The highest BCUT2D eigenvalue weighted by molar-refractivity contribution is 7.90. The summed E-state index contributed by atoms with van der Waals surface area (Å²) in [7, 11) is -3.35. The fourth-order valence-electron chi connectivity index (χ4n) is 5.07. The van der Waals surface area contributed by atoms with E-state index in [4.69, 9.17) is 0 Å². The van der Waals surface area contributed by atoms with Gasteiger partial charge in [-0.05, 0) is 83.6 Å². The molecule has 1 aliphatic heterocycles. The fraction of sp³-hybridized carbons (Fsp3) is 0.194. The van der Waals surface area contributed by atoms with Crippen LogP contribution in [0.1, 0.15) is 36.1 Å². The summed E-state index contributed by atoms with van der Waals surface area (Å²) in [6.45, 7) is 0. The summed E-state index contributed by atoms with van der Waals surface area (Å²) in [5.74, 6) is -1.32. The molecule has 4 aromatic carbocycles. The number of nitrogens with zero attached hydrogens (tertiary/aromatic N) is 1. The van der Waals surface area contributed by atoms with E-state index in [9.17, 15) is 27.1 Å². The topological polar surface area (TPSA) is 74.7 Å². The third-order valence-electron chi connectivity index (χ3n) is 7.17. The van der Waals surface area contributed by atoms with Crippen molar-refractivity contribution >= 4 is 21.4 Å². The number of hydrogen-bond donors (Lipinski definition) is 1. The number of carbonyl (C=O) groups is 1. The summed E-state index contributed by atoms with van der Waals surface area (Å²) in [4.78, 5) is 15.2. The van der Waals surface area contributed by atoms with Crippen LogP contribution in [0.25, 0.3) is 11.1 Å². The van der Waals surface area contributed by atoms with Gasteiger partial charge in [-0.25, -0.2) is 17.2 Å². The van der Waals surface area contributed by atoms with Crippen LogP contribution in [0.3, 0.4) is 0 Å². The number of aliphatic hydroxyl groups is 1. The van der Waals surface area contributed by atoms with Crippen LogP contribution in [0.5, 0.6) is 0 Å². The molecule has 0 saturated carbocycles. The molecule has 5 rings (SSSR count). The van der Waals surface area contributed by atoms with Crippen LogP contribution >= 0.6 is 0 Å². The molecule has 3 atom stereocenters. The van der Waals surface area contributed by atoms with E-state index in [0.29, 0.717) is 24.1 Å². The lowest BCUT2D eigenvalue weighted by atomic mass is 9.78. The van der Waals surface area contributed by atoms with Crippen LogP contribution in [0.2, 0.25) is 0 Å². The van der Waals surface area contributed by atoms with E-state index in [1.54, 1.807) is 35.2 Å². The molecule has 1 fully saturated rings. The summed E-state index contributed by atoms with van der Waals surface area (Å²) in [6, 6.07) is 25.3. The molecule has 200 valence electrons. The molecule has 8 heteroatoms. The van der Waals surface area contributed by atoms with Crippen molar-refractivity contribution in [1.82, 2.24) is 0 Å². The standard InChI is InChI=1S/C31H27F2NO4S/c1-39(37,38)27-4-2-3-23(19-27)20-5-7-22(8-6-20)30-28(17-18-29(35)21-9-11-24(32)12-10-21)31(36)34(30)26-15-13-25(33)14-16-26/h2-16,19,28-30,35H,17-18H2,1H3/t28-,29+,30-/m1/s1. The highest BCUT2D eigenvalue weighted by atomic mass is 32.2. The summed E-state index contributed by atoms with van der Waals surface area (Å²) >= 11 is 0. The van der Waals surface area contributed by atoms with E-state index >= 15 is 0 Å². The first-order chi connectivity index (χ1) is 18.6. The highest BCUT2D eigenvalue weighted by Crippen LogP contribution is 2.46. The number of benzene rings is 4. The van der Waals surface area contributed by atoms with Gasteiger partial charge in [0, 0.05) is 11.9 Å². The molecule has 0 spiro atoms. The molecule has 0 unspecified atom stereocenters. The lowest BCUT2D eigenvalue weighted by Gasteiger charge is -2.48.